The van der Waals surface area contributed by atoms with E-state index in [1.807, 2.05) is 32.9 Å². The number of carbonyl (C=O) groups excluding carboxylic acids is 1. The van der Waals surface area contributed by atoms with Crippen LogP contribution in [0.3, 0.4) is 0 Å². The molecule has 0 fully saturated rings. The maximum Gasteiger partial charge on any atom is 0.414 e. The van der Waals surface area contributed by atoms with Crippen molar-refractivity contribution in [1.82, 2.24) is 9.88 Å². The van der Waals surface area contributed by atoms with E-state index in [0.29, 0.717) is 12.2 Å². The zero-order valence-electron chi connectivity index (χ0n) is 12.2. The van der Waals surface area contributed by atoms with E-state index < -0.39 is 5.60 Å². The number of anilines is 1. The molecule has 108 valence electrons. The van der Waals surface area contributed by atoms with Crippen LogP contribution in [-0.2, 0) is 4.74 Å². The number of rotatable bonds is 1. The normalized spacial score (nSPS) is 15.8. The lowest BCUT2D eigenvalue weighted by atomic mass is 10.1. The molecular weight excluding hydrogens is 254 g/mol. The van der Waals surface area contributed by atoms with Gasteiger partial charge in [0.05, 0.1) is 11.4 Å². The Morgan fingerprint density at radius 1 is 1.40 bits per heavy atom. The SMILES string of the molecule is CC(C)(C)OC(=O)N1CCCC=C1c1cncc(N)c1. The van der Waals surface area contributed by atoms with Crippen LogP contribution < -0.4 is 5.73 Å². The molecule has 1 aromatic heterocycles. The van der Waals surface area contributed by atoms with Crippen molar-refractivity contribution in [3.8, 4) is 0 Å². The molecule has 0 aliphatic carbocycles. The number of nitrogen functional groups attached to an aromatic ring is 1. The second-order valence-electron chi connectivity index (χ2n) is 5.87. The van der Waals surface area contributed by atoms with E-state index in [1.165, 1.54) is 0 Å². The van der Waals surface area contributed by atoms with Crippen LogP contribution in [0.4, 0.5) is 10.5 Å². The molecule has 2 rings (SSSR count). The number of hydrogen-bond donors (Lipinski definition) is 1. The van der Waals surface area contributed by atoms with Crippen LogP contribution in [0, 0.1) is 0 Å². The molecule has 0 saturated heterocycles. The van der Waals surface area contributed by atoms with Crippen molar-refractivity contribution >= 4 is 17.5 Å². The highest BCUT2D eigenvalue weighted by molar-refractivity contribution is 5.83. The number of hydrogen-bond acceptors (Lipinski definition) is 4. The summed E-state index contributed by atoms with van der Waals surface area (Å²) in [6.07, 6.45) is 6.87. The summed E-state index contributed by atoms with van der Waals surface area (Å²) in [5.41, 5.74) is 7.51. The van der Waals surface area contributed by atoms with Crippen LogP contribution in [0.5, 0.6) is 0 Å². The predicted octanol–water partition coefficient (Wildman–Crippen LogP) is 3.04. The Morgan fingerprint density at radius 3 is 2.80 bits per heavy atom. The number of nitrogens with zero attached hydrogens (tertiary/aromatic N) is 2. The minimum atomic E-state index is -0.506. The molecule has 5 heteroatoms. The minimum Gasteiger partial charge on any atom is -0.443 e. The largest absolute Gasteiger partial charge is 0.443 e. The molecule has 0 atom stereocenters. The van der Waals surface area contributed by atoms with Gasteiger partial charge in [0.2, 0.25) is 0 Å². The third-order valence-electron chi connectivity index (χ3n) is 2.88. The van der Waals surface area contributed by atoms with Gasteiger partial charge >= 0.3 is 6.09 Å². The highest BCUT2D eigenvalue weighted by Crippen LogP contribution is 2.27. The van der Waals surface area contributed by atoms with E-state index in [1.54, 1.807) is 17.3 Å². The standard InChI is InChI=1S/C15H21N3O2/c1-15(2,3)20-14(19)18-7-5-4-6-13(18)11-8-12(16)10-17-9-11/h6,8-10H,4-5,7,16H2,1-3H3. The van der Waals surface area contributed by atoms with Gasteiger partial charge in [-0.25, -0.2) is 4.79 Å². The molecule has 2 heterocycles. The summed E-state index contributed by atoms with van der Waals surface area (Å²) in [5, 5.41) is 0. The first-order chi connectivity index (χ1) is 9.37. The lowest BCUT2D eigenvalue weighted by Gasteiger charge is -2.31. The van der Waals surface area contributed by atoms with Gasteiger partial charge in [-0.15, -0.1) is 0 Å². The maximum atomic E-state index is 12.3. The number of carbonyl (C=O) groups is 1. The van der Waals surface area contributed by atoms with Gasteiger partial charge in [0.25, 0.3) is 0 Å². The zero-order valence-corrected chi connectivity index (χ0v) is 12.2. The molecule has 5 nitrogen and oxygen atoms in total. The summed E-state index contributed by atoms with van der Waals surface area (Å²) in [4.78, 5) is 18.0. The number of ether oxygens (including phenoxy) is 1. The molecule has 1 aromatic rings. The summed E-state index contributed by atoms with van der Waals surface area (Å²) in [7, 11) is 0. The topological polar surface area (TPSA) is 68.5 Å². The smallest absolute Gasteiger partial charge is 0.414 e. The average molecular weight is 275 g/mol. The lowest BCUT2D eigenvalue weighted by Crippen LogP contribution is -2.37. The number of pyridine rings is 1. The first kappa shape index (κ1) is 14.4. The molecule has 0 saturated carbocycles. The first-order valence-electron chi connectivity index (χ1n) is 6.78. The van der Waals surface area contributed by atoms with Gasteiger partial charge in [-0.1, -0.05) is 6.08 Å². The number of aromatic nitrogens is 1. The summed E-state index contributed by atoms with van der Waals surface area (Å²) in [5.74, 6) is 0. The summed E-state index contributed by atoms with van der Waals surface area (Å²) >= 11 is 0. The van der Waals surface area contributed by atoms with E-state index >= 15 is 0 Å². The average Bonchev–Trinajstić information content (AvgIpc) is 2.37. The molecule has 0 unspecified atom stereocenters. The van der Waals surface area contributed by atoms with Gasteiger partial charge in [0.15, 0.2) is 0 Å². The fourth-order valence-corrected chi connectivity index (χ4v) is 2.10. The number of amides is 1. The highest BCUT2D eigenvalue weighted by Gasteiger charge is 2.27. The summed E-state index contributed by atoms with van der Waals surface area (Å²) in [6.45, 7) is 6.23. The quantitative estimate of drug-likeness (QED) is 0.855. The molecule has 2 N–H and O–H groups in total. The Morgan fingerprint density at radius 2 is 2.15 bits per heavy atom. The van der Waals surface area contributed by atoms with Crippen molar-refractivity contribution in [2.75, 3.05) is 12.3 Å². The Hall–Kier alpha value is -2.04. The Balaban J connectivity index is 2.26. The van der Waals surface area contributed by atoms with Crippen LogP contribution in [0.25, 0.3) is 5.70 Å². The van der Waals surface area contributed by atoms with Crippen LogP contribution >= 0.6 is 0 Å². The fourth-order valence-electron chi connectivity index (χ4n) is 2.10. The van der Waals surface area contributed by atoms with Crippen molar-refractivity contribution in [1.29, 1.82) is 0 Å². The van der Waals surface area contributed by atoms with Gasteiger partial charge in [0, 0.05) is 24.5 Å². The molecule has 0 radical (unpaired) electrons. The first-order valence-corrected chi connectivity index (χ1v) is 6.78. The second kappa shape index (κ2) is 5.53. The van der Waals surface area contributed by atoms with Crippen molar-refractivity contribution in [2.45, 2.75) is 39.2 Å². The summed E-state index contributed by atoms with van der Waals surface area (Å²) in [6, 6.07) is 1.82. The van der Waals surface area contributed by atoms with Gasteiger partial charge < -0.3 is 10.5 Å². The van der Waals surface area contributed by atoms with Gasteiger partial charge in [-0.05, 0) is 39.7 Å². The van der Waals surface area contributed by atoms with Crippen molar-refractivity contribution < 1.29 is 9.53 Å². The fraction of sp³-hybridized carbons (Fsp3) is 0.467. The number of allylic oxidation sites excluding steroid dienone is 1. The molecular formula is C15H21N3O2. The Bertz CT molecular complexity index is 532. The number of nitrogens with two attached hydrogens (primary N) is 1. The van der Waals surface area contributed by atoms with E-state index in [9.17, 15) is 4.79 Å². The molecule has 0 bridgehead atoms. The molecule has 0 spiro atoms. The zero-order chi connectivity index (χ0) is 14.8. The molecule has 0 aromatic carbocycles. The van der Waals surface area contributed by atoms with Crippen LogP contribution in [-0.4, -0.2) is 28.1 Å². The summed E-state index contributed by atoms with van der Waals surface area (Å²) < 4.78 is 5.45. The molecule has 20 heavy (non-hydrogen) atoms. The van der Waals surface area contributed by atoms with Gasteiger partial charge in [0.1, 0.15) is 5.60 Å². The third kappa shape index (κ3) is 3.50. The van der Waals surface area contributed by atoms with E-state index in [-0.39, 0.29) is 6.09 Å². The molecule has 1 aliphatic heterocycles. The minimum absolute atomic E-state index is 0.328. The van der Waals surface area contributed by atoms with Crippen molar-refractivity contribution in [3.05, 3.63) is 30.1 Å². The predicted molar refractivity (Wildman–Crippen MR) is 78.8 cm³/mol. The van der Waals surface area contributed by atoms with E-state index in [0.717, 1.165) is 24.1 Å². The third-order valence-corrected chi connectivity index (χ3v) is 2.88. The monoisotopic (exact) mass is 275 g/mol. The van der Waals surface area contributed by atoms with Gasteiger partial charge in [-0.3, -0.25) is 9.88 Å². The Labute approximate surface area is 119 Å². The van der Waals surface area contributed by atoms with Crippen LogP contribution in [0.2, 0.25) is 0 Å². The van der Waals surface area contributed by atoms with Crippen LogP contribution in [0.1, 0.15) is 39.2 Å². The van der Waals surface area contributed by atoms with Gasteiger partial charge in [-0.2, -0.15) is 0 Å². The van der Waals surface area contributed by atoms with Crippen molar-refractivity contribution in [3.63, 3.8) is 0 Å². The Kier molecular flexibility index (Phi) is 3.97. The van der Waals surface area contributed by atoms with E-state index in [2.05, 4.69) is 4.98 Å². The van der Waals surface area contributed by atoms with E-state index in [4.69, 9.17) is 10.5 Å². The molecule has 1 aliphatic rings. The lowest BCUT2D eigenvalue weighted by molar-refractivity contribution is 0.0347. The highest BCUT2D eigenvalue weighted by atomic mass is 16.6. The maximum absolute atomic E-state index is 12.3. The van der Waals surface area contributed by atoms with Crippen LogP contribution in [0.15, 0.2) is 24.5 Å². The van der Waals surface area contributed by atoms with Crippen molar-refractivity contribution in [2.24, 2.45) is 0 Å². The second-order valence-corrected chi connectivity index (χ2v) is 5.87. The molecule has 1 amide bonds.